The Morgan fingerprint density at radius 3 is 2.67 bits per heavy atom. The minimum Gasteiger partial charge on any atom is -0.486 e. The number of fused-ring (bicyclic) bond motifs is 2. The molecule has 1 aromatic heterocycles. The molecule has 0 bridgehead atoms. The van der Waals surface area contributed by atoms with Crippen LogP contribution in [0.25, 0.3) is 11.0 Å². The van der Waals surface area contributed by atoms with E-state index < -0.39 is 18.4 Å². The van der Waals surface area contributed by atoms with Crippen LogP contribution < -0.4 is 9.47 Å². The van der Waals surface area contributed by atoms with E-state index in [1.165, 1.54) is 23.1 Å². The summed E-state index contributed by atoms with van der Waals surface area (Å²) < 4.78 is 35.0. The molecule has 1 aliphatic heterocycles. The second-order valence-corrected chi connectivity index (χ2v) is 7.00. The molecule has 0 N–H and O–H groups in total. The van der Waals surface area contributed by atoms with Gasteiger partial charge in [-0.3, -0.25) is 4.79 Å². The van der Waals surface area contributed by atoms with E-state index in [9.17, 15) is 14.0 Å². The zero-order valence-electron chi connectivity index (χ0n) is 16.6. The second kappa shape index (κ2) is 8.06. The topological polar surface area (TPSA) is 78.2 Å². The number of hydrogen-bond donors (Lipinski definition) is 0. The molecule has 0 atom stereocenters. The molecular weight excluding hydrogens is 393 g/mol. The Hall–Kier alpha value is -3.55. The Kier molecular flexibility index (Phi) is 5.31. The van der Waals surface area contributed by atoms with Crippen LogP contribution >= 0.6 is 0 Å². The Morgan fingerprint density at radius 1 is 1.10 bits per heavy atom. The van der Waals surface area contributed by atoms with Gasteiger partial charge in [0, 0.05) is 24.5 Å². The molecule has 3 aromatic rings. The highest BCUT2D eigenvalue weighted by Crippen LogP contribution is 2.31. The van der Waals surface area contributed by atoms with Crippen LogP contribution in [0.1, 0.15) is 21.7 Å². The maximum absolute atomic E-state index is 13.4. The molecule has 0 radical (unpaired) electrons. The third-order valence-electron chi connectivity index (χ3n) is 4.86. The van der Waals surface area contributed by atoms with Gasteiger partial charge in [-0.2, -0.15) is 0 Å². The van der Waals surface area contributed by atoms with E-state index in [0.717, 1.165) is 5.56 Å². The highest BCUT2D eigenvalue weighted by molar-refractivity contribution is 5.96. The number of carbonyl (C=O) groups excluding carboxylic acids is 2. The molecule has 0 saturated carbocycles. The number of likely N-dealkylation sites (N-methyl/N-ethyl adjacent to an activating group) is 1. The highest BCUT2D eigenvalue weighted by atomic mass is 19.1. The first kappa shape index (κ1) is 19.8. The van der Waals surface area contributed by atoms with Gasteiger partial charge in [0.05, 0.1) is 0 Å². The third kappa shape index (κ3) is 3.94. The van der Waals surface area contributed by atoms with Gasteiger partial charge in [-0.15, -0.1) is 0 Å². The lowest BCUT2D eigenvalue weighted by atomic mass is 10.1. The fourth-order valence-electron chi connectivity index (χ4n) is 3.24. The zero-order valence-corrected chi connectivity index (χ0v) is 16.6. The SMILES string of the molecule is Cc1c(C(=O)OCC(=O)N(C)Cc2ccc3c(c2)OCCO3)oc2ccc(F)cc12. The Morgan fingerprint density at radius 2 is 1.87 bits per heavy atom. The summed E-state index contributed by atoms with van der Waals surface area (Å²) in [6.45, 7) is 2.50. The van der Waals surface area contributed by atoms with Crippen LogP contribution in [-0.4, -0.2) is 43.6 Å². The van der Waals surface area contributed by atoms with Gasteiger partial charge >= 0.3 is 5.97 Å². The summed E-state index contributed by atoms with van der Waals surface area (Å²) in [6, 6.07) is 9.45. The average Bonchev–Trinajstić information content (AvgIpc) is 3.07. The standard InChI is InChI=1S/C22H20FNO6/c1-13-16-10-15(23)4-6-17(16)30-21(13)22(26)29-12-20(25)24(2)11-14-3-5-18-19(9-14)28-8-7-27-18/h3-6,9-10H,7-8,11-12H2,1-2H3. The second-order valence-electron chi connectivity index (χ2n) is 7.00. The van der Waals surface area contributed by atoms with Crippen molar-refractivity contribution >= 4 is 22.8 Å². The van der Waals surface area contributed by atoms with Crippen LogP contribution in [0.15, 0.2) is 40.8 Å². The van der Waals surface area contributed by atoms with E-state index in [1.807, 2.05) is 12.1 Å². The van der Waals surface area contributed by atoms with Crippen molar-refractivity contribution in [2.24, 2.45) is 0 Å². The predicted octanol–water partition coefficient (Wildman–Crippen LogP) is 3.47. The van der Waals surface area contributed by atoms with Crippen LogP contribution in [0, 0.1) is 12.7 Å². The van der Waals surface area contributed by atoms with Crippen molar-refractivity contribution in [1.82, 2.24) is 4.90 Å². The number of aryl methyl sites for hydroxylation is 1. The van der Waals surface area contributed by atoms with Crippen LogP contribution in [0.5, 0.6) is 11.5 Å². The molecule has 7 nitrogen and oxygen atoms in total. The van der Waals surface area contributed by atoms with Crippen molar-refractivity contribution in [3.05, 3.63) is 59.1 Å². The number of furan rings is 1. The summed E-state index contributed by atoms with van der Waals surface area (Å²) in [7, 11) is 1.61. The van der Waals surface area contributed by atoms with Gasteiger partial charge in [-0.1, -0.05) is 6.07 Å². The van der Waals surface area contributed by atoms with Gasteiger partial charge in [0.25, 0.3) is 5.91 Å². The maximum atomic E-state index is 13.4. The van der Waals surface area contributed by atoms with Crippen molar-refractivity contribution < 1.29 is 32.6 Å². The van der Waals surface area contributed by atoms with Gasteiger partial charge in [-0.05, 0) is 42.8 Å². The quantitative estimate of drug-likeness (QED) is 0.596. The molecule has 2 aromatic carbocycles. The van der Waals surface area contributed by atoms with Crippen LogP contribution in [-0.2, 0) is 16.1 Å². The number of nitrogens with zero attached hydrogens (tertiary/aromatic N) is 1. The lowest BCUT2D eigenvalue weighted by Crippen LogP contribution is -2.31. The number of ether oxygens (including phenoxy) is 3. The molecular formula is C22H20FNO6. The fourth-order valence-corrected chi connectivity index (χ4v) is 3.24. The molecule has 156 valence electrons. The molecule has 1 aliphatic rings. The van der Waals surface area contributed by atoms with Crippen LogP contribution in [0.4, 0.5) is 4.39 Å². The molecule has 4 rings (SSSR count). The van der Waals surface area contributed by atoms with E-state index in [0.29, 0.717) is 47.8 Å². The summed E-state index contributed by atoms with van der Waals surface area (Å²) in [4.78, 5) is 26.2. The number of halogens is 1. The minimum absolute atomic E-state index is 0.0436. The molecule has 0 fully saturated rings. The maximum Gasteiger partial charge on any atom is 0.375 e. The summed E-state index contributed by atoms with van der Waals surface area (Å²) in [5, 5.41) is 0.490. The van der Waals surface area contributed by atoms with E-state index in [2.05, 4.69) is 0 Å². The van der Waals surface area contributed by atoms with Gasteiger partial charge in [0.15, 0.2) is 18.1 Å². The lowest BCUT2D eigenvalue weighted by molar-refractivity contribution is -0.133. The molecule has 1 amide bonds. The molecule has 30 heavy (non-hydrogen) atoms. The number of carbonyl (C=O) groups is 2. The summed E-state index contributed by atoms with van der Waals surface area (Å²) in [6.07, 6.45) is 0. The molecule has 0 aliphatic carbocycles. The Balaban J connectivity index is 1.37. The van der Waals surface area contributed by atoms with E-state index >= 15 is 0 Å². The number of benzene rings is 2. The van der Waals surface area contributed by atoms with E-state index in [1.54, 1.807) is 20.0 Å². The summed E-state index contributed by atoms with van der Waals surface area (Å²) in [5.74, 6) is -0.305. The monoisotopic (exact) mass is 413 g/mol. The number of hydrogen-bond acceptors (Lipinski definition) is 6. The van der Waals surface area contributed by atoms with Crippen molar-refractivity contribution in [2.45, 2.75) is 13.5 Å². The lowest BCUT2D eigenvalue weighted by Gasteiger charge is -2.21. The normalized spacial score (nSPS) is 12.6. The Bertz CT molecular complexity index is 1120. The highest BCUT2D eigenvalue weighted by Gasteiger charge is 2.21. The average molecular weight is 413 g/mol. The predicted molar refractivity (Wildman–Crippen MR) is 105 cm³/mol. The van der Waals surface area contributed by atoms with Gasteiger partial charge in [0.1, 0.15) is 24.6 Å². The third-order valence-corrected chi connectivity index (χ3v) is 4.86. The zero-order chi connectivity index (χ0) is 21.3. The van der Waals surface area contributed by atoms with Crippen LogP contribution in [0.3, 0.4) is 0 Å². The largest absolute Gasteiger partial charge is 0.486 e. The smallest absolute Gasteiger partial charge is 0.375 e. The minimum atomic E-state index is -0.773. The summed E-state index contributed by atoms with van der Waals surface area (Å²) >= 11 is 0. The van der Waals surface area contributed by atoms with E-state index in [4.69, 9.17) is 18.6 Å². The van der Waals surface area contributed by atoms with Crippen molar-refractivity contribution in [3.8, 4) is 11.5 Å². The fraction of sp³-hybridized carbons (Fsp3) is 0.273. The van der Waals surface area contributed by atoms with Crippen molar-refractivity contribution in [1.29, 1.82) is 0 Å². The van der Waals surface area contributed by atoms with Crippen molar-refractivity contribution in [2.75, 3.05) is 26.9 Å². The van der Waals surface area contributed by atoms with Gasteiger partial charge in [0.2, 0.25) is 5.76 Å². The molecule has 0 saturated heterocycles. The Labute approximate surface area is 171 Å². The first-order valence-corrected chi connectivity index (χ1v) is 9.40. The first-order valence-electron chi connectivity index (χ1n) is 9.40. The number of amides is 1. The van der Waals surface area contributed by atoms with Crippen molar-refractivity contribution in [3.63, 3.8) is 0 Å². The number of esters is 1. The first-order chi connectivity index (χ1) is 14.4. The summed E-state index contributed by atoms with van der Waals surface area (Å²) in [5.41, 5.74) is 1.70. The molecule has 2 heterocycles. The van der Waals surface area contributed by atoms with Crippen LogP contribution in [0.2, 0.25) is 0 Å². The number of rotatable bonds is 5. The molecule has 0 unspecified atom stereocenters. The van der Waals surface area contributed by atoms with Gasteiger partial charge < -0.3 is 23.5 Å². The van der Waals surface area contributed by atoms with Gasteiger partial charge in [-0.25, -0.2) is 9.18 Å². The van der Waals surface area contributed by atoms with E-state index in [-0.39, 0.29) is 11.7 Å². The molecule has 0 spiro atoms. The molecule has 8 heteroatoms.